The van der Waals surface area contributed by atoms with Crippen LogP contribution in [0, 0.1) is 17.3 Å². The van der Waals surface area contributed by atoms with Crippen LogP contribution >= 0.6 is 0 Å². The Bertz CT molecular complexity index is 1600. The molecule has 10 nitrogen and oxygen atoms in total. The number of amides is 1. The molecule has 10 heteroatoms. The standard InChI is InChI=1S/C26H29N9O/c1-15-11-17(15)25(36)29-20-12-18-19(13-28-24(27-2)22(18)32-31-20)23-30-21-4-3-16(14-35(21)33-23)34-9-7-26(5-6-26)8-10-34/h3-4,12-15,17H,5-11H2,1-2H3,(H,27,28)(H,29,31,36)/t15-,17+/m1/s1/i2D3. The van der Waals surface area contributed by atoms with E-state index in [0.717, 1.165) is 25.2 Å². The lowest BCUT2D eigenvalue weighted by Gasteiger charge is -2.33. The van der Waals surface area contributed by atoms with Crippen LogP contribution in [-0.2, 0) is 4.79 Å². The zero-order chi connectivity index (χ0) is 26.9. The molecule has 4 aromatic heterocycles. The summed E-state index contributed by atoms with van der Waals surface area (Å²) in [5.74, 6) is 0.984. The Morgan fingerprint density at radius 1 is 1.19 bits per heavy atom. The van der Waals surface area contributed by atoms with E-state index in [1.165, 1.54) is 31.9 Å². The fraction of sp³-hybridized carbons (Fsp3) is 0.462. The first kappa shape index (κ1) is 18.4. The summed E-state index contributed by atoms with van der Waals surface area (Å²) in [5, 5.41) is 18.9. The van der Waals surface area contributed by atoms with Crippen LogP contribution in [0.4, 0.5) is 17.3 Å². The first-order valence-corrected chi connectivity index (χ1v) is 12.5. The summed E-state index contributed by atoms with van der Waals surface area (Å²) in [7, 11) is 0. The van der Waals surface area contributed by atoms with Gasteiger partial charge in [-0.1, -0.05) is 6.92 Å². The number of piperidine rings is 1. The van der Waals surface area contributed by atoms with Crippen LogP contribution in [0.1, 0.15) is 43.1 Å². The Balaban J connectivity index is 1.25. The van der Waals surface area contributed by atoms with Gasteiger partial charge in [0.2, 0.25) is 5.91 Å². The maximum Gasteiger partial charge on any atom is 0.228 e. The van der Waals surface area contributed by atoms with Gasteiger partial charge in [0.15, 0.2) is 23.1 Å². The molecule has 184 valence electrons. The van der Waals surface area contributed by atoms with Gasteiger partial charge in [-0.15, -0.1) is 15.3 Å². The highest BCUT2D eigenvalue weighted by Crippen LogP contribution is 2.53. The first-order valence-electron chi connectivity index (χ1n) is 14.0. The Morgan fingerprint density at radius 3 is 2.78 bits per heavy atom. The Hall–Kier alpha value is -3.82. The molecule has 1 spiro atoms. The molecule has 7 rings (SSSR count). The number of nitrogens with one attached hydrogen (secondary N) is 2. The van der Waals surface area contributed by atoms with Gasteiger partial charge in [-0.3, -0.25) is 4.79 Å². The molecule has 0 unspecified atom stereocenters. The van der Waals surface area contributed by atoms with Gasteiger partial charge in [-0.2, -0.15) is 0 Å². The van der Waals surface area contributed by atoms with E-state index in [4.69, 9.17) is 14.2 Å². The number of aromatic nitrogens is 6. The highest BCUT2D eigenvalue weighted by Gasteiger charge is 2.44. The smallest absolute Gasteiger partial charge is 0.228 e. The van der Waals surface area contributed by atoms with E-state index >= 15 is 0 Å². The maximum atomic E-state index is 12.5. The Morgan fingerprint density at radius 2 is 2.03 bits per heavy atom. The van der Waals surface area contributed by atoms with Gasteiger partial charge in [0.25, 0.3) is 0 Å². The fourth-order valence-electron chi connectivity index (χ4n) is 5.36. The quantitative estimate of drug-likeness (QED) is 0.439. The van der Waals surface area contributed by atoms with Crippen molar-refractivity contribution in [3.05, 3.63) is 30.6 Å². The third-order valence-corrected chi connectivity index (χ3v) is 8.15. The van der Waals surface area contributed by atoms with E-state index in [9.17, 15) is 4.79 Å². The van der Waals surface area contributed by atoms with Gasteiger partial charge in [0, 0.05) is 47.2 Å². The second-order valence-electron chi connectivity index (χ2n) is 10.6. The van der Waals surface area contributed by atoms with Crippen LogP contribution in [0.5, 0.6) is 0 Å². The van der Waals surface area contributed by atoms with Crippen LogP contribution in [0.3, 0.4) is 0 Å². The van der Waals surface area contributed by atoms with Crippen molar-refractivity contribution in [3.8, 4) is 11.4 Å². The molecule has 36 heavy (non-hydrogen) atoms. The van der Waals surface area contributed by atoms with Crippen LogP contribution in [0.25, 0.3) is 27.9 Å². The average molecular weight is 487 g/mol. The molecular weight excluding hydrogens is 454 g/mol. The number of carbonyl (C=O) groups is 1. The minimum Gasteiger partial charge on any atom is -0.371 e. The van der Waals surface area contributed by atoms with Crippen LogP contribution in [-0.4, -0.2) is 55.8 Å². The van der Waals surface area contributed by atoms with Gasteiger partial charge < -0.3 is 15.5 Å². The molecule has 1 aliphatic heterocycles. The van der Waals surface area contributed by atoms with Crippen molar-refractivity contribution in [2.24, 2.45) is 17.3 Å². The SMILES string of the molecule is [2H]C([2H])([2H])Nc1ncc(-c2nc3ccc(N4CCC5(CC4)CC5)cn3n2)c2cc(NC(=O)[C@H]3C[C@H]3C)nnc12. The molecule has 2 N–H and O–H groups in total. The molecule has 0 bridgehead atoms. The van der Waals surface area contributed by atoms with Crippen molar-refractivity contribution in [3.63, 3.8) is 0 Å². The maximum absolute atomic E-state index is 12.5. The van der Waals surface area contributed by atoms with Crippen molar-refractivity contribution in [2.75, 3.05) is 35.6 Å². The molecule has 2 aliphatic carbocycles. The summed E-state index contributed by atoms with van der Waals surface area (Å²) in [4.78, 5) is 24.0. The topological polar surface area (TPSA) is 113 Å². The minimum absolute atomic E-state index is 0.0313. The lowest BCUT2D eigenvalue weighted by Crippen LogP contribution is -2.34. The van der Waals surface area contributed by atoms with Crippen molar-refractivity contribution >= 4 is 39.8 Å². The van der Waals surface area contributed by atoms with E-state index in [0.29, 0.717) is 33.8 Å². The average Bonchev–Trinajstić information content (AvgIpc) is 3.79. The van der Waals surface area contributed by atoms with Crippen molar-refractivity contribution < 1.29 is 8.91 Å². The van der Waals surface area contributed by atoms with Crippen molar-refractivity contribution in [1.82, 2.24) is 29.8 Å². The van der Waals surface area contributed by atoms with E-state index in [-0.39, 0.29) is 29.0 Å². The molecule has 2 saturated carbocycles. The molecule has 3 aliphatic rings. The third kappa shape index (κ3) is 3.63. The summed E-state index contributed by atoms with van der Waals surface area (Å²) in [5.41, 5.74) is 3.21. The number of hydrogen-bond donors (Lipinski definition) is 2. The van der Waals surface area contributed by atoms with Gasteiger partial charge in [-0.05, 0) is 61.6 Å². The lowest BCUT2D eigenvalue weighted by atomic mass is 9.93. The fourth-order valence-corrected chi connectivity index (χ4v) is 5.36. The molecule has 2 atom stereocenters. The Labute approximate surface area is 212 Å². The van der Waals surface area contributed by atoms with E-state index in [1.54, 1.807) is 10.6 Å². The normalized spacial score (nSPS) is 23.8. The zero-order valence-electron chi connectivity index (χ0n) is 23.0. The number of nitrogens with zero attached hydrogens (tertiary/aromatic N) is 7. The van der Waals surface area contributed by atoms with Crippen molar-refractivity contribution in [2.45, 2.75) is 39.0 Å². The number of anilines is 3. The predicted octanol–water partition coefficient (Wildman–Crippen LogP) is 3.75. The van der Waals surface area contributed by atoms with E-state index in [2.05, 4.69) is 36.8 Å². The second-order valence-corrected chi connectivity index (χ2v) is 10.6. The molecular formula is C26H29N9O. The van der Waals surface area contributed by atoms with E-state index < -0.39 is 6.98 Å². The van der Waals surface area contributed by atoms with Gasteiger partial charge in [0.05, 0.1) is 11.9 Å². The molecule has 0 radical (unpaired) electrons. The molecule has 4 aromatic rings. The number of pyridine rings is 2. The molecule has 1 saturated heterocycles. The third-order valence-electron chi connectivity index (χ3n) is 8.15. The molecule has 1 amide bonds. The largest absolute Gasteiger partial charge is 0.371 e. The summed E-state index contributed by atoms with van der Waals surface area (Å²) in [6.07, 6.45) is 9.58. The van der Waals surface area contributed by atoms with E-state index in [1.807, 2.05) is 19.2 Å². The number of hydrogen-bond acceptors (Lipinski definition) is 8. The van der Waals surface area contributed by atoms with Gasteiger partial charge in [-0.25, -0.2) is 14.5 Å². The van der Waals surface area contributed by atoms with Crippen LogP contribution in [0.2, 0.25) is 0 Å². The monoisotopic (exact) mass is 486 g/mol. The molecule has 5 heterocycles. The summed E-state index contributed by atoms with van der Waals surface area (Å²) in [6.45, 7) is 1.66. The summed E-state index contributed by atoms with van der Waals surface area (Å²) in [6, 6.07) is 5.71. The first-order chi connectivity index (χ1) is 18.7. The lowest BCUT2D eigenvalue weighted by molar-refractivity contribution is -0.117. The minimum atomic E-state index is -2.47. The predicted molar refractivity (Wildman–Crippen MR) is 138 cm³/mol. The van der Waals surface area contributed by atoms with Crippen LogP contribution < -0.4 is 15.5 Å². The van der Waals surface area contributed by atoms with Crippen LogP contribution in [0.15, 0.2) is 30.6 Å². The number of carbonyl (C=O) groups excluding carboxylic acids is 1. The highest BCUT2D eigenvalue weighted by molar-refractivity contribution is 6.01. The summed E-state index contributed by atoms with van der Waals surface area (Å²) >= 11 is 0. The molecule has 0 aromatic carbocycles. The summed E-state index contributed by atoms with van der Waals surface area (Å²) < 4.78 is 24.6. The zero-order valence-corrected chi connectivity index (χ0v) is 20.0. The van der Waals surface area contributed by atoms with Gasteiger partial charge >= 0.3 is 0 Å². The second kappa shape index (κ2) is 7.84. The van der Waals surface area contributed by atoms with Gasteiger partial charge in [0.1, 0.15) is 5.52 Å². The molecule has 3 fully saturated rings. The Kier molecular flexibility index (Phi) is 4.02. The number of fused-ring (bicyclic) bond motifs is 2. The van der Waals surface area contributed by atoms with Crippen molar-refractivity contribution in [1.29, 1.82) is 0 Å². The highest BCUT2D eigenvalue weighted by atomic mass is 16.2. The number of rotatable bonds is 5.